The highest BCUT2D eigenvalue weighted by Crippen LogP contribution is 2.22. The molecule has 2 heterocycles. The van der Waals surface area contributed by atoms with Gasteiger partial charge in [-0.3, -0.25) is 4.79 Å². The van der Waals surface area contributed by atoms with Crippen LogP contribution in [0, 0.1) is 0 Å². The molecule has 0 aliphatic carbocycles. The minimum absolute atomic E-state index is 0.155. The van der Waals surface area contributed by atoms with Crippen molar-refractivity contribution in [1.29, 1.82) is 0 Å². The van der Waals surface area contributed by atoms with E-state index in [0.717, 1.165) is 19.3 Å². The Morgan fingerprint density at radius 1 is 1.19 bits per heavy atom. The van der Waals surface area contributed by atoms with Crippen LogP contribution in [0.1, 0.15) is 19.3 Å². The van der Waals surface area contributed by atoms with Crippen LogP contribution in [0.15, 0.2) is 34.3 Å². The van der Waals surface area contributed by atoms with Crippen LogP contribution in [0.2, 0.25) is 0 Å². The third kappa shape index (κ3) is 4.40. The zero-order chi connectivity index (χ0) is 18.6. The second-order valence-electron chi connectivity index (χ2n) is 5.91. The highest BCUT2D eigenvalue weighted by molar-refractivity contribution is 7.99. The van der Waals surface area contributed by atoms with Gasteiger partial charge in [-0.1, -0.05) is 18.2 Å². The van der Waals surface area contributed by atoms with Gasteiger partial charge in [0, 0.05) is 25.8 Å². The van der Waals surface area contributed by atoms with Crippen molar-refractivity contribution in [2.24, 2.45) is 7.05 Å². The molecule has 1 saturated heterocycles. The number of nitrogens with zero attached hydrogens (tertiary/aromatic N) is 5. The molecular weight excluding hydrogens is 376 g/mol. The Morgan fingerprint density at radius 2 is 1.88 bits per heavy atom. The Labute approximate surface area is 156 Å². The van der Waals surface area contributed by atoms with E-state index in [1.807, 2.05) is 0 Å². The second-order valence-corrected chi connectivity index (χ2v) is 8.79. The first kappa shape index (κ1) is 18.8. The fourth-order valence-electron chi connectivity index (χ4n) is 2.64. The number of carbonyl (C=O) groups is 1. The van der Waals surface area contributed by atoms with Crippen LogP contribution < -0.4 is 5.32 Å². The van der Waals surface area contributed by atoms with Crippen LogP contribution in [-0.2, 0) is 21.9 Å². The van der Waals surface area contributed by atoms with Gasteiger partial charge in [0.1, 0.15) is 0 Å². The summed E-state index contributed by atoms with van der Waals surface area (Å²) in [4.78, 5) is 12.3. The number of amides is 1. The lowest BCUT2D eigenvalue weighted by atomic mass is 10.2. The number of nitrogens with one attached hydrogen (secondary N) is 1. The van der Waals surface area contributed by atoms with Gasteiger partial charge in [0.15, 0.2) is 0 Å². The van der Waals surface area contributed by atoms with E-state index in [0.29, 0.717) is 23.9 Å². The third-order valence-electron chi connectivity index (χ3n) is 4.00. The van der Waals surface area contributed by atoms with Gasteiger partial charge in [-0.15, -0.1) is 5.10 Å². The molecule has 1 aliphatic heterocycles. The summed E-state index contributed by atoms with van der Waals surface area (Å²) in [6.07, 6.45) is 2.86. The van der Waals surface area contributed by atoms with Crippen molar-refractivity contribution in [2.75, 3.05) is 24.2 Å². The zero-order valence-corrected chi connectivity index (χ0v) is 16.0. The van der Waals surface area contributed by atoms with Gasteiger partial charge in [0.25, 0.3) is 0 Å². The third-order valence-corrected chi connectivity index (χ3v) is 6.93. The molecule has 0 unspecified atom stereocenters. The maximum absolute atomic E-state index is 12.6. The molecule has 0 spiro atoms. The van der Waals surface area contributed by atoms with E-state index in [2.05, 4.69) is 20.8 Å². The van der Waals surface area contributed by atoms with Crippen molar-refractivity contribution < 1.29 is 13.2 Å². The van der Waals surface area contributed by atoms with Gasteiger partial charge < -0.3 is 5.32 Å². The molecule has 0 atom stereocenters. The first-order valence-electron chi connectivity index (χ1n) is 8.22. The summed E-state index contributed by atoms with van der Waals surface area (Å²) in [5, 5.41) is 14.3. The Bertz CT molecular complexity index is 860. The van der Waals surface area contributed by atoms with Crippen LogP contribution >= 0.6 is 11.8 Å². The standard InChI is InChI=1S/C15H20N6O3S2/c1-20-15(17-18-19-20)25-11-14(22)16-12-5-7-13(8-6-12)26(23,24)21-9-3-2-4-10-21/h5-8H,2-4,9-11H2,1H3,(H,16,22). The van der Waals surface area contributed by atoms with E-state index in [1.54, 1.807) is 19.2 Å². The molecule has 11 heteroatoms. The topological polar surface area (TPSA) is 110 Å². The van der Waals surface area contributed by atoms with E-state index in [1.165, 1.54) is 32.9 Å². The summed E-state index contributed by atoms with van der Waals surface area (Å²) in [5.74, 6) is -0.0631. The van der Waals surface area contributed by atoms with E-state index in [-0.39, 0.29) is 16.6 Å². The molecule has 1 aliphatic rings. The van der Waals surface area contributed by atoms with E-state index in [4.69, 9.17) is 0 Å². The van der Waals surface area contributed by atoms with Crippen LogP contribution in [0.4, 0.5) is 5.69 Å². The number of benzene rings is 1. The molecule has 0 bridgehead atoms. The van der Waals surface area contributed by atoms with Gasteiger partial charge in [-0.2, -0.15) is 4.31 Å². The molecule has 1 aromatic heterocycles. The van der Waals surface area contributed by atoms with Crippen LogP contribution in [0.3, 0.4) is 0 Å². The number of aromatic nitrogens is 4. The Kier molecular flexibility index (Phi) is 5.89. The van der Waals surface area contributed by atoms with Gasteiger partial charge >= 0.3 is 0 Å². The van der Waals surface area contributed by atoms with E-state index in [9.17, 15) is 13.2 Å². The Hall–Kier alpha value is -1.98. The minimum Gasteiger partial charge on any atom is -0.325 e. The normalized spacial score (nSPS) is 15.7. The summed E-state index contributed by atoms with van der Waals surface area (Å²) in [6.45, 7) is 1.13. The number of anilines is 1. The number of aryl methyl sites for hydroxylation is 1. The summed E-state index contributed by atoms with van der Waals surface area (Å²) in [6, 6.07) is 6.26. The maximum Gasteiger partial charge on any atom is 0.243 e. The monoisotopic (exact) mass is 396 g/mol. The quantitative estimate of drug-likeness (QED) is 0.728. The molecule has 2 aromatic rings. The molecule has 1 amide bonds. The number of rotatable bonds is 6. The molecule has 0 saturated carbocycles. The molecular formula is C15H20N6O3S2. The maximum atomic E-state index is 12.6. The van der Waals surface area contributed by atoms with Crippen LogP contribution in [0.25, 0.3) is 0 Å². The lowest BCUT2D eigenvalue weighted by molar-refractivity contribution is -0.113. The molecule has 1 fully saturated rings. The Morgan fingerprint density at radius 3 is 2.50 bits per heavy atom. The fraction of sp³-hybridized carbons (Fsp3) is 0.467. The SMILES string of the molecule is Cn1nnnc1SCC(=O)Nc1ccc(S(=O)(=O)N2CCCCC2)cc1. The second kappa shape index (κ2) is 8.14. The van der Waals surface area contributed by atoms with E-state index >= 15 is 0 Å². The van der Waals surface area contributed by atoms with Crippen molar-refractivity contribution in [3.05, 3.63) is 24.3 Å². The highest BCUT2D eigenvalue weighted by atomic mass is 32.2. The molecule has 140 valence electrons. The number of thioether (sulfide) groups is 1. The first-order valence-corrected chi connectivity index (χ1v) is 10.6. The van der Waals surface area contributed by atoms with Crippen molar-refractivity contribution in [3.8, 4) is 0 Å². The lowest BCUT2D eigenvalue weighted by Gasteiger charge is -2.25. The minimum atomic E-state index is -3.46. The number of hydrogen-bond donors (Lipinski definition) is 1. The van der Waals surface area contributed by atoms with Crippen molar-refractivity contribution in [3.63, 3.8) is 0 Å². The predicted molar refractivity (Wildman–Crippen MR) is 97.2 cm³/mol. The number of hydrogen-bond acceptors (Lipinski definition) is 7. The summed E-state index contributed by atoms with van der Waals surface area (Å²) < 4.78 is 28.2. The molecule has 3 rings (SSSR count). The number of tetrazole rings is 1. The van der Waals surface area contributed by atoms with Gasteiger partial charge in [0.2, 0.25) is 21.1 Å². The molecule has 9 nitrogen and oxygen atoms in total. The zero-order valence-electron chi connectivity index (χ0n) is 14.3. The molecule has 1 N–H and O–H groups in total. The predicted octanol–water partition coefficient (Wildman–Crippen LogP) is 1.12. The van der Waals surface area contributed by atoms with Crippen LogP contribution in [-0.4, -0.2) is 57.7 Å². The fourth-order valence-corrected chi connectivity index (χ4v) is 4.80. The summed E-state index contributed by atoms with van der Waals surface area (Å²) >= 11 is 1.22. The number of carbonyl (C=O) groups excluding carboxylic acids is 1. The van der Waals surface area contributed by atoms with Crippen molar-refractivity contribution in [1.82, 2.24) is 24.5 Å². The molecule has 1 aromatic carbocycles. The van der Waals surface area contributed by atoms with Crippen molar-refractivity contribution in [2.45, 2.75) is 29.3 Å². The first-order chi connectivity index (χ1) is 12.5. The van der Waals surface area contributed by atoms with E-state index < -0.39 is 10.0 Å². The van der Waals surface area contributed by atoms with Gasteiger partial charge in [-0.05, 0) is 47.5 Å². The number of piperidine rings is 1. The van der Waals surface area contributed by atoms with Crippen LogP contribution in [0.5, 0.6) is 0 Å². The Balaban J connectivity index is 1.58. The number of sulfonamides is 1. The average molecular weight is 396 g/mol. The van der Waals surface area contributed by atoms with Crippen molar-refractivity contribution >= 4 is 33.4 Å². The highest BCUT2D eigenvalue weighted by Gasteiger charge is 2.25. The molecule has 0 radical (unpaired) electrons. The average Bonchev–Trinajstić information content (AvgIpc) is 3.06. The molecule has 26 heavy (non-hydrogen) atoms. The smallest absolute Gasteiger partial charge is 0.243 e. The lowest BCUT2D eigenvalue weighted by Crippen LogP contribution is -2.35. The van der Waals surface area contributed by atoms with Gasteiger partial charge in [0.05, 0.1) is 10.6 Å². The summed E-state index contributed by atoms with van der Waals surface area (Å²) in [5.41, 5.74) is 0.546. The summed E-state index contributed by atoms with van der Waals surface area (Å²) in [7, 11) is -1.76. The largest absolute Gasteiger partial charge is 0.325 e. The van der Waals surface area contributed by atoms with Gasteiger partial charge in [-0.25, -0.2) is 13.1 Å².